The van der Waals surface area contributed by atoms with Gasteiger partial charge in [-0.05, 0) is 24.3 Å². The first-order valence-corrected chi connectivity index (χ1v) is 9.49. The third-order valence-corrected chi connectivity index (χ3v) is 4.98. The van der Waals surface area contributed by atoms with Gasteiger partial charge in [-0.15, -0.1) is 0 Å². The van der Waals surface area contributed by atoms with E-state index in [1.165, 1.54) is 42.3 Å². The summed E-state index contributed by atoms with van der Waals surface area (Å²) in [6.07, 6.45) is 0. The van der Waals surface area contributed by atoms with Crippen molar-refractivity contribution in [3.63, 3.8) is 0 Å². The smallest absolute Gasteiger partial charge is 0.338 e. The number of esters is 1. The fourth-order valence-corrected chi connectivity index (χ4v) is 3.21. The maximum absolute atomic E-state index is 13.6. The van der Waals surface area contributed by atoms with Gasteiger partial charge in [0.2, 0.25) is 10.0 Å². The number of hydrogen-bond donors (Lipinski definition) is 1. The Hall–Kier alpha value is -2.49. The van der Waals surface area contributed by atoms with E-state index in [1.54, 1.807) is 6.07 Å². The van der Waals surface area contributed by atoms with Crippen molar-refractivity contribution in [3.8, 4) is 0 Å². The molecule has 1 amide bonds. The van der Waals surface area contributed by atoms with E-state index < -0.39 is 39.2 Å². The lowest BCUT2D eigenvalue weighted by Gasteiger charge is -2.17. The van der Waals surface area contributed by atoms with Gasteiger partial charge in [-0.3, -0.25) is 4.79 Å². The van der Waals surface area contributed by atoms with Gasteiger partial charge < -0.3 is 9.64 Å². The minimum absolute atomic E-state index is 0.000429. The van der Waals surface area contributed by atoms with Crippen molar-refractivity contribution in [2.24, 2.45) is 5.14 Å². The van der Waals surface area contributed by atoms with E-state index in [0.717, 1.165) is 6.07 Å². The molecule has 0 fully saturated rings. The summed E-state index contributed by atoms with van der Waals surface area (Å²) < 4.78 is 41.4. The van der Waals surface area contributed by atoms with E-state index in [1.807, 2.05) is 0 Å². The van der Waals surface area contributed by atoms with E-state index in [9.17, 15) is 22.4 Å². The summed E-state index contributed by atoms with van der Waals surface area (Å²) in [5, 5.41) is 4.87. The van der Waals surface area contributed by atoms with E-state index in [-0.39, 0.29) is 17.1 Å². The second-order valence-electron chi connectivity index (χ2n) is 5.61. The number of halogens is 2. The lowest BCUT2D eigenvalue weighted by atomic mass is 10.2. The Morgan fingerprint density at radius 2 is 1.89 bits per heavy atom. The fourth-order valence-electron chi connectivity index (χ4n) is 2.14. The first kappa shape index (κ1) is 20.8. The minimum atomic E-state index is -4.12. The molecule has 2 N–H and O–H groups in total. The van der Waals surface area contributed by atoms with E-state index >= 15 is 0 Å². The topological polar surface area (TPSA) is 107 Å². The highest BCUT2D eigenvalue weighted by Gasteiger charge is 2.19. The lowest BCUT2D eigenvalue weighted by molar-refractivity contribution is -0.133. The monoisotopic (exact) mass is 414 g/mol. The molecule has 0 aromatic heterocycles. The molecule has 0 unspecified atom stereocenters. The van der Waals surface area contributed by atoms with Gasteiger partial charge in [0.25, 0.3) is 5.91 Å². The maximum Gasteiger partial charge on any atom is 0.338 e. The number of ether oxygens (including phenoxy) is 1. The normalized spacial score (nSPS) is 11.1. The Morgan fingerprint density at radius 3 is 2.52 bits per heavy atom. The largest absolute Gasteiger partial charge is 0.452 e. The quantitative estimate of drug-likeness (QED) is 0.727. The van der Waals surface area contributed by atoms with Crippen molar-refractivity contribution in [2.75, 3.05) is 13.7 Å². The molecule has 0 spiro atoms. The highest BCUT2D eigenvalue weighted by Crippen LogP contribution is 2.22. The van der Waals surface area contributed by atoms with E-state index in [0.29, 0.717) is 5.56 Å². The molecule has 0 heterocycles. The first-order chi connectivity index (χ1) is 12.6. The highest BCUT2D eigenvalue weighted by molar-refractivity contribution is 7.89. The first-order valence-electron chi connectivity index (χ1n) is 7.56. The molecule has 2 rings (SSSR count). The van der Waals surface area contributed by atoms with Crippen molar-refractivity contribution >= 4 is 33.5 Å². The number of nitrogens with two attached hydrogens (primary N) is 1. The second kappa shape index (κ2) is 8.47. The van der Waals surface area contributed by atoms with Crippen molar-refractivity contribution in [2.45, 2.75) is 11.4 Å². The van der Waals surface area contributed by atoms with Gasteiger partial charge in [0.15, 0.2) is 6.61 Å². The van der Waals surface area contributed by atoms with Crippen LogP contribution in [0.5, 0.6) is 0 Å². The Kier molecular flexibility index (Phi) is 6.53. The number of carbonyl (C=O) groups excluding carboxylic acids is 2. The highest BCUT2D eigenvalue weighted by atomic mass is 35.5. The van der Waals surface area contributed by atoms with Crippen molar-refractivity contribution < 1.29 is 27.1 Å². The van der Waals surface area contributed by atoms with Crippen LogP contribution in [0.25, 0.3) is 0 Å². The summed E-state index contributed by atoms with van der Waals surface area (Å²) in [5.41, 5.74) is 0.183. The summed E-state index contributed by atoms with van der Waals surface area (Å²) in [6.45, 7) is -0.601. The number of primary sulfonamides is 1. The van der Waals surface area contributed by atoms with Gasteiger partial charge in [0.05, 0.1) is 10.6 Å². The summed E-state index contributed by atoms with van der Waals surface area (Å²) in [5.74, 6) is -1.94. The Bertz CT molecular complexity index is 981. The lowest BCUT2D eigenvalue weighted by Crippen LogP contribution is -2.31. The zero-order valence-electron chi connectivity index (χ0n) is 14.2. The van der Waals surface area contributed by atoms with E-state index in [4.69, 9.17) is 21.5 Å². The van der Waals surface area contributed by atoms with Crippen LogP contribution in [0, 0.1) is 5.82 Å². The average Bonchev–Trinajstić information content (AvgIpc) is 2.60. The summed E-state index contributed by atoms with van der Waals surface area (Å²) in [7, 11) is -2.69. The molecule has 0 radical (unpaired) electrons. The van der Waals surface area contributed by atoms with Gasteiger partial charge in [0, 0.05) is 19.2 Å². The van der Waals surface area contributed by atoms with Gasteiger partial charge in [0.1, 0.15) is 10.7 Å². The van der Waals surface area contributed by atoms with Crippen LogP contribution in [0.3, 0.4) is 0 Å². The predicted octanol–water partition coefficient (Wildman–Crippen LogP) is 1.94. The van der Waals surface area contributed by atoms with Crippen LogP contribution in [0.15, 0.2) is 47.4 Å². The molecule has 0 saturated carbocycles. The maximum atomic E-state index is 13.6. The van der Waals surface area contributed by atoms with Crippen LogP contribution in [0.4, 0.5) is 4.39 Å². The number of nitrogens with zero attached hydrogens (tertiary/aromatic N) is 1. The molecule has 0 aliphatic heterocycles. The molecule has 10 heteroatoms. The molecule has 144 valence electrons. The molecule has 2 aromatic carbocycles. The number of carbonyl (C=O) groups is 2. The fraction of sp³-hybridized carbons (Fsp3) is 0.176. The van der Waals surface area contributed by atoms with Crippen molar-refractivity contribution in [3.05, 3.63) is 64.4 Å². The number of likely N-dealkylation sites (N-methyl/N-ethyl adjacent to an activating group) is 1. The Morgan fingerprint density at radius 1 is 1.22 bits per heavy atom. The molecule has 7 nitrogen and oxygen atoms in total. The summed E-state index contributed by atoms with van der Waals surface area (Å²) in [6, 6.07) is 9.38. The van der Waals surface area contributed by atoms with Gasteiger partial charge >= 0.3 is 5.97 Å². The number of hydrogen-bond acceptors (Lipinski definition) is 5. The minimum Gasteiger partial charge on any atom is -0.452 e. The van der Waals surface area contributed by atoms with Crippen LogP contribution in [0.2, 0.25) is 5.02 Å². The third kappa shape index (κ3) is 5.49. The molecule has 0 atom stereocenters. The SMILES string of the molecule is CN(Cc1ccccc1F)C(=O)COC(=O)c1ccc(Cl)c(S(N)(=O)=O)c1. The zero-order valence-corrected chi connectivity index (χ0v) is 15.8. The van der Waals surface area contributed by atoms with Crippen LogP contribution in [-0.4, -0.2) is 38.8 Å². The summed E-state index contributed by atoms with van der Waals surface area (Å²) >= 11 is 5.74. The zero-order chi connectivity index (χ0) is 20.2. The van der Waals surface area contributed by atoms with Crippen LogP contribution in [-0.2, 0) is 26.1 Å². The standard InChI is InChI=1S/C17H16ClFN2O5S/c1-21(9-12-4-2-3-5-14(12)19)16(22)10-26-17(23)11-6-7-13(18)15(8-11)27(20,24)25/h2-8H,9-10H2,1H3,(H2,20,24,25). The second-order valence-corrected chi connectivity index (χ2v) is 7.54. The number of benzene rings is 2. The van der Waals surface area contributed by atoms with Gasteiger partial charge in [-0.2, -0.15) is 0 Å². The Labute approximate surface area is 160 Å². The molecule has 27 heavy (non-hydrogen) atoms. The average molecular weight is 415 g/mol. The van der Waals surface area contributed by atoms with Crippen LogP contribution in [0.1, 0.15) is 15.9 Å². The number of amides is 1. The third-order valence-electron chi connectivity index (χ3n) is 3.59. The predicted molar refractivity (Wildman–Crippen MR) is 96.0 cm³/mol. The molecule has 0 saturated heterocycles. The summed E-state index contributed by atoms with van der Waals surface area (Å²) in [4.78, 5) is 24.9. The molecular weight excluding hydrogens is 399 g/mol. The van der Waals surface area contributed by atoms with Crippen molar-refractivity contribution in [1.82, 2.24) is 4.90 Å². The Balaban J connectivity index is 2.01. The van der Waals surface area contributed by atoms with E-state index in [2.05, 4.69) is 0 Å². The molecule has 0 aliphatic rings. The molecular formula is C17H16ClFN2O5S. The number of sulfonamides is 1. The van der Waals surface area contributed by atoms with Gasteiger partial charge in [-0.25, -0.2) is 22.7 Å². The van der Waals surface area contributed by atoms with Gasteiger partial charge in [-0.1, -0.05) is 29.8 Å². The molecule has 2 aromatic rings. The van der Waals surface area contributed by atoms with Crippen molar-refractivity contribution in [1.29, 1.82) is 0 Å². The molecule has 0 bridgehead atoms. The van der Waals surface area contributed by atoms with Crippen LogP contribution < -0.4 is 5.14 Å². The molecule has 0 aliphatic carbocycles. The number of rotatable bonds is 6. The van der Waals surface area contributed by atoms with Crippen LogP contribution >= 0.6 is 11.6 Å².